The largest absolute Gasteiger partial charge is 0.489 e. The van der Waals surface area contributed by atoms with E-state index in [9.17, 15) is 14.9 Å². The van der Waals surface area contributed by atoms with Gasteiger partial charge in [0.05, 0.1) is 21.7 Å². The Morgan fingerprint density at radius 1 is 1.07 bits per heavy atom. The quantitative estimate of drug-likeness (QED) is 0.351. The zero-order valence-corrected chi connectivity index (χ0v) is 15.9. The number of nitro benzene ring substituents is 1. The smallest absolute Gasteiger partial charge is 0.272 e. The lowest BCUT2D eigenvalue weighted by atomic mass is 10.2. The van der Waals surface area contributed by atoms with Gasteiger partial charge >= 0.3 is 0 Å². The zero-order chi connectivity index (χ0) is 20.6. The predicted molar refractivity (Wildman–Crippen MR) is 110 cm³/mol. The van der Waals surface area contributed by atoms with E-state index in [1.807, 2.05) is 0 Å². The fourth-order valence-corrected chi connectivity index (χ4v) is 2.62. The summed E-state index contributed by atoms with van der Waals surface area (Å²) in [5.41, 5.74) is 4.41. The molecule has 8 heteroatoms. The summed E-state index contributed by atoms with van der Waals surface area (Å²) in [5, 5.41) is 14.9. The van der Waals surface area contributed by atoms with E-state index in [1.54, 1.807) is 60.7 Å². The molecule has 0 saturated heterocycles. The van der Waals surface area contributed by atoms with Gasteiger partial charge in [0.1, 0.15) is 12.4 Å². The summed E-state index contributed by atoms with van der Waals surface area (Å²) >= 11 is 5.97. The van der Waals surface area contributed by atoms with E-state index in [4.69, 9.17) is 16.3 Å². The van der Waals surface area contributed by atoms with Crippen molar-refractivity contribution < 1.29 is 14.5 Å². The van der Waals surface area contributed by atoms with E-state index in [2.05, 4.69) is 10.5 Å². The first-order valence-electron chi connectivity index (χ1n) is 8.57. The molecule has 0 aliphatic heterocycles. The van der Waals surface area contributed by atoms with Crippen LogP contribution in [-0.2, 0) is 6.61 Å². The van der Waals surface area contributed by atoms with Crippen LogP contribution in [0.2, 0.25) is 5.02 Å². The van der Waals surface area contributed by atoms with Gasteiger partial charge in [0.25, 0.3) is 11.6 Å². The maximum absolute atomic E-state index is 12.0. The molecule has 7 nitrogen and oxygen atoms in total. The number of carbonyl (C=O) groups excluding carboxylic acids is 1. The summed E-state index contributed by atoms with van der Waals surface area (Å²) in [6.07, 6.45) is 1.51. The third-order valence-corrected chi connectivity index (χ3v) is 4.26. The molecule has 3 aromatic rings. The van der Waals surface area contributed by atoms with Crippen molar-refractivity contribution in [2.75, 3.05) is 0 Å². The van der Waals surface area contributed by atoms with Gasteiger partial charge in [-0.05, 0) is 59.7 Å². The zero-order valence-electron chi connectivity index (χ0n) is 15.1. The maximum atomic E-state index is 12.0. The molecule has 1 N–H and O–H groups in total. The molecule has 0 atom stereocenters. The molecule has 146 valence electrons. The molecule has 3 aromatic carbocycles. The van der Waals surface area contributed by atoms with Gasteiger partial charge < -0.3 is 4.74 Å². The minimum atomic E-state index is -0.443. The van der Waals surface area contributed by atoms with Gasteiger partial charge in [-0.15, -0.1) is 0 Å². The van der Waals surface area contributed by atoms with Gasteiger partial charge in [-0.2, -0.15) is 5.10 Å². The Morgan fingerprint density at radius 2 is 1.76 bits per heavy atom. The molecule has 0 heterocycles. The van der Waals surface area contributed by atoms with Gasteiger partial charge in [-0.3, -0.25) is 14.9 Å². The number of nitrogens with zero attached hydrogens (tertiary/aromatic N) is 2. The lowest BCUT2D eigenvalue weighted by Gasteiger charge is -2.06. The maximum Gasteiger partial charge on any atom is 0.272 e. The van der Waals surface area contributed by atoms with E-state index in [1.165, 1.54) is 18.3 Å². The average Bonchev–Trinajstić information content (AvgIpc) is 2.73. The second-order valence-electron chi connectivity index (χ2n) is 5.96. The number of rotatable bonds is 7. The number of nitrogens with one attached hydrogen (secondary N) is 1. The SMILES string of the molecule is O=C(N/N=C\c1ccc(OCc2ccc([N+](=O)[O-])cc2)cc1)c1ccccc1Cl. The molecule has 0 bridgehead atoms. The lowest BCUT2D eigenvalue weighted by Crippen LogP contribution is -2.17. The molecule has 0 saturated carbocycles. The second kappa shape index (κ2) is 9.48. The highest BCUT2D eigenvalue weighted by Gasteiger charge is 2.08. The first-order valence-corrected chi connectivity index (χ1v) is 8.95. The number of benzene rings is 3. The van der Waals surface area contributed by atoms with E-state index >= 15 is 0 Å². The normalized spacial score (nSPS) is 10.7. The van der Waals surface area contributed by atoms with Crippen LogP contribution >= 0.6 is 11.6 Å². The molecular formula is C21H16ClN3O4. The van der Waals surface area contributed by atoms with Crippen LogP contribution in [0, 0.1) is 10.1 Å². The molecule has 29 heavy (non-hydrogen) atoms. The Hall–Kier alpha value is -3.71. The summed E-state index contributed by atoms with van der Waals surface area (Å²) in [7, 11) is 0. The molecular weight excluding hydrogens is 394 g/mol. The van der Waals surface area contributed by atoms with Crippen LogP contribution in [0.25, 0.3) is 0 Å². The molecule has 0 spiro atoms. The first-order chi connectivity index (χ1) is 14.0. The van der Waals surface area contributed by atoms with Crippen LogP contribution < -0.4 is 10.2 Å². The lowest BCUT2D eigenvalue weighted by molar-refractivity contribution is -0.384. The minimum Gasteiger partial charge on any atom is -0.489 e. The third-order valence-electron chi connectivity index (χ3n) is 3.93. The Labute approximate surface area is 171 Å². The standard InChI is InChI=1S/C21H16ClN3O4/c22-20-4-2-1-3-19(20)21(26)24-23-13-15-7-11-18(12-8-15)29-14-16-5-9-17(10-6-16)25(27)28/h1-13H,14H2,(H,24,26)/b23-13-. The number of halogens is 1. The molecule has 0 aromatic heterocycles. The topological polar surface area (TPSA) is 93.8 Å². The molecule has 0 radical (unpaired) electrons. The van der Waals surface area contributed by atoms with Crippen LogP contribution in [0.5, 0.6) is 5.75 Å². The average molecular weight is 410 g/mol. The van der Waals surface area contributed by atoms with Crippen molar-refractivity contribution in [3.63, 3.8) is 0 Å². The van der Waals surface area contributed by atoms with Gasteiger partial charge in [-0.25, -0.2) is 5.43 Å². The van der Waals surface area contributed by atoms with Crippen molar-refractivity contribution in [2.45, 2.75) is 6.61 Å². The highest BCUT2D eigenvalue weighted by molar-refractivity contribution is 6.33. The predicted octanol–water partition coefficient (Wildman–Crippen LogP) is 4.59. The van der Waals surface area contributed by atoms with Gasteiger partial charge in [0.2, 0.25) is 0 Å². The Kier molecular flexibility index (Phi) is 6.55. The Balaban J connectivity index is 1.52. The highest BCUT2D eigenvalue weighted by Crippen LogP contribution is 2.16. The van der Waals surface area contributed by atoms with Crippen LogP contribution in [0.1, 0.15) is 21.5 Å². The van der Waals surface area contributed by atoms with E-state index in [-0.39, 0.29) is 5.69 Å². The number of amides is 1. The Morgan fingerprint density at radius 3 is 2.41 bits per heavy atom. The molecule has 0 unspecified atom stereocenters. The van der Waals surface area contributed by atoms with Gasteiger partial charge in [0, 0.05) is 12.1 Å². The van der Waals surface area contributed by atoms with Crippen molar-refractivity contribution in [3.8, 4) is 5.75 Å². The first kappa shape index (κ1) is 20.0. The van der Waals surface area contributed by atoms with E-state index in [0.29, 0.717) is 22.9 Å². The van der Waals surface area contributed by atoms with Gasteiger partial charge in [0.15, 0.2) is 0 Å². The fourth-order valence-electron chi connectivity index (χ4n) is 2.40. The molecule has 0 aliphatic carbocycles. The fraction of sp³-hybridized carbons (Fsp3) is 0.0476. The monoisotopic (exact) mass is 409 g/mol. The number of hydrogen-bond donors (Lipinski definition) is 1. The summed E-state index contributed by atoms with van der Waals surface area (Å²) in [6.45, 7) is 0.291. The minimum absolute atomic E-state index is 0.0408. The number of hydrazone groups is 1. The molecule has 3 rings (SSSR count). The third kappa shape index (κ3) is 5.63. The molecule has 0 fully saturated rings. The Bertz CT molecular complexity index is 1030. The summed E-state index contributed by atoms with van der Waals surface area (Å²) in [6, 6.07) is 20.0. The van der Waals surface area contributed by atoms with Crippen LogP contribution in [0.4, 0.5) is 5.69 Å². The highest BCUT2D eigenvalue weighted by atomic mass is 35.5. The number of carbonyl (C=O) groups is 1. The van der Waals surface area contributed by atoms with Crippen molar-refractivity contribution in [1.29, 1.82) is 0 Å². The van der Waals surface area contributed by atoms with Gasteiger partial charge in [-0.1, -0.05) is 23.7 Å². The summed E-state index contributed by atoms with van der Waals surface area (Å²) < 4.78 is 5.66. The number of ether oxygens (including phenoxy) is 1. The van der Waals surface area contributed by atoms with E-state index < -0.39 is 10.8 Å². The molecule has 1 amide bonds. The summed E-state index contributed by atoms with van der Waals surface area (Å²) in [4.78, 5) is 22.2. The number of hydrogen-bond acceptors (Lipinski definition) is 5. The van der Waals surface area contributed by atoms with Crippen LogP contribution in [0.15, 0.2) is 77.9 Å². The number of non-ortho nitro benzene ring substituents is 1. The molecule has 0 aliphatic rings. The van der Waals surface area contributed by atoms with Crippen LogP contribution in [-0.4, -0.2) is 17.0 Å². The van der Waals surface area contributed by atoms with Crippen molar-refractivity contribution in [1.82, 2.24) is 5.43 Å². The van der Waals surface area contributed by atoms with Crippen molar-refractivity contribution in [3.05, 3.63) is 105 Å². The summed E-state index contributed by atoms with van der Waals surface area (Å²) in [5.74, 6) is 0.246. The second-order valence-corrected chi connectivity index (χ2v) is 6.37. The number of nitro groups is 1. The van der Waals surface area contributed by atoms with Crippen LogP contribution in [0.3, 0.4) is 0 Å². The van der Waals surface area contributed by atoms with Crippen molar-refractivity contribution >= 4 is 29.4 Å². The van der Waals surface area contributed by atoms with E-state index in [0.717, 1.165) is 11.1 Å². The van der Waals surface area contributed by atoms with Crippen molar-refractivity contribution in [2.24, 2.45) is 5.10 Å².